The third kappa shape index (κ3) is 4.00. The standard InChI is InChI=1S/C24H23ClN2O2S/c1-15(2)14-27-22(20-11-6-12-30-20)21(18-9-3-4-10-19(18)24(27)29)23(28)26-17-8-5-7-16(25)13-17/h3-13,15,21-22H,14H2,1-2H3,(H,26,28). The van der Waals surface area contributed by atoms with Crippen LogP contribution in [0.1, 0.15) is 46.6 Å². The molecular formula is C24H23ClN2O2S. The van der Waals surface area contributed by atoms with Crippen molar-refractivity contribution in [3.05, 3.63) is 87.1 Å². The minimum absolute atomic E-state index is 0.0236. The second kappa shape index (κ2) is 8.62. The Bertz CT molecular complexity index is 1060. The van der Waals surface area contributed by atoms with Crippen molar-refractivity contribution in [3.8, 4) is 0 Å². The highest BCUT2D eigenvalue weighted by atomic mass is 35.5. The molecule has 6 heteroatoms. The van der Waals surface area contributed by atoms with Crippen LogP contribution in [0.25, 0.3) is 0 Å². The highest BCUT2D eigenvalue weighted by molar-refractivity contribution is 7.10. The summed E-state index contributed by atoms with van der Waals surface area (Å²) < 4.78 is 0. The van der Waals surface area contributed by atoms with Crippen molar-refractivity contribution in [2.24, 2.45) is 5.92 Å². The molecule has 2 heterocycles. The van der Waals surface area contributed by atoms with Crippen molar-refractivity contribution in [1.82, 2.24) is 4.90 Å². The van der Waals surface area contributed by atoms with E-state index in [2.05, 4.69) is 19.2 Å². The summed E-state index contributed by atoms with van der Waals surface area (Å²) >= 11 is 7.67. The SMILES string of the molecule is CC(C)CN1C(=O)c2ccccc2C(C(=O)Nc2cccc(Cl)c2)C1c1cccs1. The molecule has 0 fully saturated rings. The number of carbonyl (C=O) groups is 2. The van der Waals surface area contributed by atoms with Crippen LogP contribution in [0.4, 0.5) is 5.69 Å². The number of nitrogens with one attached hydrogen (secondary N) is 1. The second-order valence-corrected chi connectivity index (χ2v) is 9.29. The lowest BCUT2D eigenvalue weighted by atomic mass is 9.81. The van der Waals surface area contributed by atoms with E-state index in [4.69, 9.17) is 11.6 Å². The Kier molecular flexibility index (Phi) is 5.93. The van der Waals surface area contributed by atoms with Crippen molar-refractivity contribution >= 4 is 40.4 Å². The number of thiophene rings is 1. The van der Waals surface area contributed by atoms with Crippen LogP contribution in [0, 0.1) is 5.92 Å². The van der Waals surface area contributed by atoms with E-state index in [1.807, 2.05) is 52.7 Å². The Morgan fingerprint density at radius 1 is 1.13 bits per heavy atom. The van der Waals surface area contributed by atoms with Gasteiger partial charge in [-0.05, 0) is 47.2 Å². The molecular weight excluding hydrogens is 416 g/mol. The molecule has 4 nitrogen and oxygen atoms in total. The van der Waals surface area contributed by atoms with Crippen LogP contribution < -0.4 is 5.32 Å². The molecule has 1 N–H and O–H groups in total. The molecule has 1 aromatic heterocycles. The van der Waals surface area contributed by atoms with Gasteiger partial charge < -0.3 is 10.2 Å². The van der Waals surface area contributed by atoms with Crippen LogP contribution in [0.2, 0.25) is 5.02 Å². The first-order valence-electron chi connectivity index (χ1n) is 9.95. The minimum Gasteiger partial charge on any atom is -0.329 e. The molecule has 1 aliphatic rings. The van der Waals surface area contributed by atoms with E-state index in [1.165, 1.54) is 0 Å². The van der Waals surface area contributed by atoms with Gasteiger partial charge in [-0.1, -0.05) is 55.8 Å². The summed E-state index contributed by atoms with van der Waals surface area (Å²) in [4.78, 5) is 29.9. The number of hydrogen-bond donors (Lipinski definition) is 1. The number of carbonyl (C=O) groups excluding carboxylic acids is 2. The first-order chi connectivity index (χ1) is 14.5. The molecule has 154 valence electrons. The summed E-state index contributed by atoms with van der Waals surface area (Å²) in [6.45, 7) is 4.75. The largest absolute Gasteiger partial charge is 0.329 e. The predicted octanol–water partition coefficient (Wildman–Crippen LogP) is 5.98. The second-order valence-electron chi connectivity index (χ2n) is 7.88. The van der Waals surface area contributed by atoms with Gasteiger partial charge in [0.15, 0.2) is 0 Å². The van der Waals surface area contributed by atoms with Gasteiger partial charge in [0.25, 0.3) is 5.91 Å². The lowest BCUT2D eigenvalue weighted by Gasteiger charge is -2.42. The van der Waals surface area contributed by atoms with E-state index in [1.54, 1.807) is 29.5 Å². The third-order valence-electron chi connectivity index (χ3n) is 5.21. The van der Waals surface area contributed by atoms with E-state index in [-0.39, 0.29) is 23.8 Å². The Hall–Kier alpha value is -2.63. The zero-order valence-corrected chi connectivity index (χ0v) is 18.4. The van der Waals surface area contributed by atoms with Crippen molar-refractivity contribution in [1.29, 1.82) is 0 Å². The summed E-state index contributed by atoms with van der Waals surface area (Å²) in [7, 11) is 0. The number of fused-ring (bicyclic) bond motifs is 1. The first-order valence-corrected chi connectivity index (χ1v) is 11.2. The first kappa shape index (κ1) is 20.6. The Morgan fingerprint density at radius 3 is 2.63 bits per heavy atom. The topological polar surface area (TPSA) is 49.4 Å². The fraction of sp³-hybridized carbons (Fsp3) is 0.250. The number of rotatable bonds is 5. The zero-order chi connectivity index (χ0) is 21.3. The molecule has 2 atom stereocenters. The van der Waals surface area contributed by atoms with Gasteiger partial charge in [-0.3, -0.25) is 9.59 Å². The molecule has 3 aromatic rings. The van der Waals surface area contributed by atoms with Crippen LogP contribution in [-0.2, 0) is 4.79 Å². The molecule has 1 aliphatic heterocycles. The van der Waals surface area contributed by atoms with Crippen LogP contribution in [0.5, 0.6) is 0 Å². The zero-order valence-electron chi connectivity index (χ0n) is 16.8. The van der Waals surface area contributed by atoms with E-state index in [0.717, 1.165) is 10.4 Å². The average Bonchev–Trinajstić information content (AvgIpc) is 3.24. The predicted molar refractivity (Wildman–Crippen MR) is 122 cm³/mol. The monoisotopic (exact) mass is 438 g/mol. The number of anilines is 1. The molecule has 2 unspecified atom stereocenters. The molecule has 0 spiro atoms. The lowest BCUT2D eigenvalue weighted by Crippen LogP contribution is -2.47. The van der Waals surface area contributed by atoms with Crippen LogP contribution >= 0.6 is 22.9 Å². The Balaban J connectivity index is 1.82. The van der Waals surface area contributed by atoms with E-state index >= 15 is 0 Å². The van der Waals surface area contributed by atoms with Crippen molar-refractivity contribution in [2.45, 2.75) is 25.8 Å². The fourth-order valence-corrected chi connectivity index (χ4v) is 5.10. The van der Waals surface area contributed by atoms with Crippen LogP contribution in [0.15, 0.2) is 66.0 Å². The third-order valence-corrected chi connectivity index (χ3v) is 6.39. The molecule has 0 saturated carbocycles. The maximum Gasteiger partial charge on any atom is 0.254 e. The van der Waals surface area contributed by atoms with Gasteiger partial charge in [0, 0.05) is 27.7 Å². The number of benzene rings is 2. The maximum absolute atomic E-state index is 13.6. The van der Waals surface area contributed by atoms with E-state index in [0.29, 0.717) is 22.8 Å². The fourth-order valence-electron chi connectivity index (χ4n) is 4.03. The van der Waals surface area contributed by atoms with E-state index < -0.39 is 5.92 Å². The summed E-state index contributed by atoms with van der Waals surface area (Å²) in [6, 6.07) is 18.2. The van der Waals surface area contributed by atoms with Crippen molar-refractivity contribution in [2.75, 3.05) is 11.9 Å². The highest BCUT2D eigenvalue weighted by Crippen LogP contribution is 2.45. The van der Waals surface area contributed by atoms with E-state index in [9.17, 15) is 9.59 Å². The number of hydrogen-bond acceptors (Lipinski definition) is 3. The van der Waals surface area contributed by atoms with Gasteiger partial charge in [0.1, 0.15) is 0 Å². The maximum atomic E-state index is 13.6. The molecule has 0 aliphatic carbocycles. The molecule has 2 aromatic carbocycles. The molecule has 30 heavy (non-hydrogen) atoms. The Morgan fingerprint density at radius 2 is 1.93 bits per heavy atom. The highest BCUT2D eigenvalue weighted by Gasteiger charge is 2.44. The molecule has 4 rings (SSSR count). The summed E-state index contributed by atoms with van der Waals surface area (Å²) in [6.07, 6.45) is 0. The average molecular weight is 439 g/mol. The van der Waals surface area contributed by atoms with Crippen molar-refractivity contribution in [3.63, 3.8) is 0 Å². The summed E-state index contributed by atoms with van der Waals surface area (Å²) in [5, 5.41) is 5.56. The van der Waals surface area contributed by atoms with Crippen molar-refractivity contribution < 1.29 is 9.59 Å². The Labute approximate surface area is 185 Å². The number of halogens is 1. The number of amides is 2. The molecule has 2 amide bonds. The quantitative estimate of drug-likeness (QED) is 0.532. The van der Waals surface area contributed by atoms with Gasteiger partial charge in [-0.2, -0.15) is 0 Å². The minimum atomic E-state index is -0.518. The van der Waals surface area contributed by atoms with Gasteiger partial charge in [-0.25, -0.2) is 0 Å². The molecule has 0 saturated heterocycles. The van der Waals surface area contributed by atoms with Gasteiger partial charge in [0.2, 0.25) is 5.91 Å². The lowest BCUT2D eigenvalue weighted by molar-refractivity contribution is -0.119. The smallest absolute Gasteiger partial charge is 0.254 e. The molecule has 0 radical (unpaired) electrons. The van der Waals surface area contributed by atoms with Gasteiger partial charge in [0.05, 0.1) is 12.0 Å². The summed E-state index contributed by atoms with van der Waals surface area (Å²) in [5.41, 5.74) is 2.00. The summed E-state index contributed by atoms with van der Waals surface area (Å²) in [5.74, 6) is -0.414. The van der Waals surface area contributed by atoms with Gasteiger partial charge in [-0.15, -0.1) is 11.3 Å². The van der Waals surface area contributed by atoms with Crippen LogP contribution in [-0.4, -0.2) is 23.3 Å². The van der Waals surface area contributed by atoms with Gasteiger partial charge >= 0.3 is 0 Å². The molecule has 0 bridgehead atoms. The normalized spacial score (nSPS) is 18.4. The number of nitrogens with zero attached hydrogens (tertiary/aromatic N) is 1. The van der Waals surface area contributed by atoms with Crippen LogP contribution in [0.3, 0.4) is 0 Å².